The highest BCUT2D eigenvalue weighted by molar-refractivity contribution is 5.82. The van der Waals surface area contributed by atoms with E-state index in [0.717, 1.165) is 11.1 Å². The Morgan fingerprint density at radius 1 is 1.04 bits per heavy atom. The molecular weight excluding hydrogens is 345 g/mol. The van der Waals surface area contributed by atoms with Crippen molar-refractivity contribution in [2.24, 2.45) is 0 Å². The van der Waals surface area contributed by atoms with E-state index in [2.05, 4.69) is 5.32 Å². The molecule has 0 atom stereocenters. The summed E-state index contributed by atoms with van der Waals surface area (Å²) in [5, 5.41) is 2.84. The molecule has 1 amide bonds. The van der Waals surface area contributed by atoms with E-state index in [1.54, 1.807) is 28.8 Å². The number of amides is 1. The van der Waals surface area contributed by atoms with Crippen molar-refractivity contribution in [3.63, 3.8) is 0 Å². The summed E-state index contributed by atoms with van der Waals surface area (Å²) in [7, 11) is 0. The molecule has 4 rings (SSSR count). The van der Waals surface area contributed by atoms with Crippen LogP contribution >= 0.6 is 0 Å². The number of hydrogen-bond acceptors (Lipinski definition) is 2. The van der Waals surface area contributed by atoms with Gasteiger partial charge in [-0.1, -0.05) is 24.3 Å². The molecule has 0 aliphatic heterocycles. The number of hydrogen-bond donors (Lipinski definition) is 1. The van der Waals surface area contributed by atoms with Crippen LogP contribution in [0.5, 0.6) is 0 Å². The molecular formula is C21H18FN3O2. The van der Waals surface area contributed by atoms with Crippen LogP contribution in [0.2, 0.25) is 0 Å². The van der Waals surface area contributed by atoms with Crippen LogP contribution in [0.1, 0.15) is 11.1 Å². The molecule has 1 N–H and O–H groups in total. The lowest BCUT2D eigenvalue weighted by molar-refractivity contribution is -0.121. The highest BCUT2D eigenvalue weighted by Gasteiger charge is 2.14. The van der Waals surface area contributed by atoms with Crippen molar-refractivity contribution >= 4 is 22.5 Å². The zero-order chi connectivity index (χ0) is 19.0. The maximum Gasteiger partial charge on any atom is 0.275 e. The summed E-state index contributed by atoms with van der Waals surface area (Å²) in [5.74, 6) is -0.760. The largest absolute Gasteiger partial charge is 0.350 e. The van der Waals surface area contributed by atoms with Crippen molar-refractivity contribution < 1.29 is 9.18 Å². The van der Waals surface area contributed by atoms with Crippen molar-refractivity contribution in [2.45, 2.75) is 20.0 Å². The van der Waals surface area contributed by atoms with E-state index in [1.807, 2.05) is 31.2 Å². The zero-order valence-corrected chi connectivity index (χ0v) is 14.8. The highest BCUT2D eigenvalue weighted by Crippen LogP contribution is 2.17. The summed E-state index contributed by atoms with van der Waals surface area (Å²) in [5.41, 5.74) is 3.26. The van der Waals surface area contributed by atoms with Gasteiger partial charge in [0.05, 0.1) is 11.0 Å². The van der Waals surface area contributed by atoms with Crippen molar-refractivity contribution in [1.29, 1.82) is 0 Å². The first kappa shape index (κ1) is 17.0. The van der Waals surface area contributed by atoms with Gasteiger partial charge in [-0.2, -0.15) is 0 Å². The molecule has 5 nitrogen and oxygen atoms in total. The van der Waals surface area contributed by atoms with Crippen molar-refractivity contribution in [3.8, 4) is 0 Å². The van der Waals surface area contributed by atoms with Gasteiger partial charge in [-0.05, 0) is 48.4 Å². The van der Waals surface area contributed by atoms with Crippen LogP contribution in [0.4, 0.5) is 4.39 Å². The van der Waals surface area contributed by atoms with Crippen molar-refractivity contribution in [3.05, 3.63) is 88.1 Å². The number of aromatic nitrogens is 2. The Balaban J connectivity index is 1.69. The van der Waals surface area contributed by atoms with Gasteiger partial charge in [-0.15, -0.1) is 0 Å². The van der Waals surface area contributed by atoms with Gasteiger partial charge >= 0.3 is 0 Å². The van der Waals surface area contributed by atoms with E-state index in [9.17, 15) is 14.0 Å². The summed E-state index contributed by atoms with van der Waals surface area (Å²) < 4.78 is 16.8. The number of carbonyl (C=O) groups excluding carboxylic acids is 1. The van der Waals surface area contributed by atoms with Crippen LogP contribution in [0.15, 0.2) is 65.6 Å². The van der Waals surface area contributed by atoms with Crippen LogP contribution < -0.4 is 10.9 Å². The van der Waals surface area contributed by atoms with Crippen molar-refractivity contribution in [1.82, 2.24) is 14.3 Å². The Labute approximate surface area is 154 Å². The summed E-state index contributed by atoms with van der Waals surface area (Å²) >= 11 is 0. The Morgan fingerprint density at radius 2 is 1.85 bits per heavy atom. The molecule has 0 saturated carbocycles. The standard InChI is InChI=1S/C21H18FN3O2/c1-14-5-2-3-6-15(14)12-23-20(26)13-25-19-11-16(22)8-9-17(19)24-10-4-7-18(24)21(25)27/h2-11H,12-13H2,1H3,(H,23,26). The third-order valence-electron chi connectivity index (χ3n) is 4.74. The number of aryl methyl sites for hydroxylation is 1. The predicted octanol–water partition coefficient (Wildman–Crippen LogP) is 3.02. The molecule has 0 aliphatic rings. The van der Waals surface area contributed by atoms with Gasteiger partial charge in [0, 0.05) is 12.7 Å². The van der Waals surface area contributed by atoms with Gasteiger partial charge in [0.25, 0.3) is 5.56 Å². The summed E-state index contributed by atoms with van der Waals surface area (Å²) in [6.07, 6.45) is 1.75. The number of benzene rings is 2. The molecule has 0 bridgehead atoms. The Morgan fingerprint density at radius 3 is 2.67 bits per heavy atom. The minimum Gasteiger partial charge on any atom is -0.350 e. The molecule has 2 aromatic heterocycles. The van der Waals surface area contributed by atoms with Gasteiger partial charge in [0.1, 0.15) is 17.9 Å². The fourth-order valence-electron chi connectivity index (χ4n) is 3.29. The predicted molar refractivity (Wildman–Crippen MR) is 102 cm³/mol. The van der Waals surface area contributed by atoms with Crippen LogP contribution in [0.25, 0.3) is 16.6 Å². The van der Waals surface area contributed by atoms with Crippen molar-refractivity contribution in [2.75, 3.05) is 0 Å². The molecule has 0 fully saturated rings. The van der Waals surface area contributed by atoms with Gasteiger partial charge in [-0.3, -0.25) is 14.2 Å². The molecule has 0 saturated heterocycles. The summed E-state index contributed by atoms with van der Waals surface area (Å²) in [6.45, 7) is 2.18. The van der Waals surface area contributed by atoms with Gasteiger partial charge in [-0.25, -0.2) is 4.39 Å². The molecule has 0 unspecified atom stereocenters. The first-order valence-corrected chi connectivity index (χ1v) is 8.65. The van der Waals surface area contributed by atoms with Crippen LogP contribution in [-0.2, 0) is 17.9 Å². The quantitative estimate of drug-likeness (QED) is 0.606. The fraction of sp³-hybridized carbons (Fsp3) is 0.143. The van der Waals surface area contributed by atoms with Crippen LogP contribution in [0, 0.1) is 12.7 Å². The highest BCUT2D eigenvalue weighted by atomic mass is 19.1. The second-order valence-electron chi connectivity index (χ2n) is 6.49. The molecule has 27 heavy (non-hydrogen) atoms. The third-order valence-corrected chi connectivity index (χ3v) is 4.74. The topological polar surface area (TPSA) is 55.5 Å². The SMILES string of the molecule is Cc1ccccc1CNC(=O)Cn1c(=O)c2cccn2c2ccc(F)cc21. The Hall–Kier alpha value is -3.41. The Kier molecular flexibility index (Phi) is 4.24. The smallest absolute Gasteiger partial charge is 0.275 e. The molecule has 0 radical (unpaired) electrons. The average molecular weight is 363 g/mol. The minimum absolute atomic E-state index is 0.174. The normalized spacial score (nSPS) is 11.2. The van der Waals surface area contributed by atoms with E-state index in [4.69, 9.17) is 0 Å². The van der Waals surface area contributed by atoms with Gasteiger partial charge < -0.3 is 9.72 Å². The number of fused-ring (bicyclic) bond motifs is 3. The maximum absolute atomic E-state index is 13.8. The average Bonchev–Trinajstić information content (AvgIpc) is 3.14. The monoisotopic (exact) mass is 363 g/mol. The lowest BCUT2D eigenvalue weighted by Crippen LogP contribution is -2.33. The molecule has 2 aromatic carbocycles. The molecule has 4 aromatic rings. The molecule has 2 heterocycles. The lowest BCUT2D eigenvalue weighted by Gasteiger charge is -2.13. The van der Waals surface area contributed by atoms with Crippen LogP contribution in [0.3, 0.4) is 0 Å². The van der Waals surface area contributed by atoms with Gasteiger partial charge in [0.15, 0.2) is 0 Å². The first-order valence-electron chi connectivity index (χ1n) is 8.65. The zero-order valence-electron chi connectivity index (χ0n) is 14.8. The maximum atomic E-state index is 13.8. The second kappa shape index (κ2) is 6.72. The fourth-order valence-corrected chi connectivity index (χ4v) is 3.29. The molecule has 6 heteroatoms. The van der Waals surface area contributed by atoms with Crippen LogP contribution in [-0.4, -0.2) is 14.9 Å². The first-order chi connectivity index (χ1) is 13.0. The number of halogens is 1. The van der Waals surface area contributed by atoms with E-state index in [-0.39, 0.29) is 18.0 Å². The number of carbonyl (C=O) groups is 1. The van der Waals surface area contributed by atoms with E-state index < -0.39 is 5.82 Å². The van der Waals surface area contributed by atoms with Gasteiger partial charge in [0.2, 0.25) is 5.91 Å². The second-order valence-corrected chi connectivity index (χ2v) is 6.49. The van der Waals surface area contributed by atoms with E-state index in [1.165, 1.54) is 16.7 Å². The summed E-state index contributed by atoms with van der Waals surface area (Å²) in [6, 6.07) is 15.4. The number of rotatable bonds is 4. The van der Waals surface area contributed by atoms with E-state index >= 15 is 0 Å². The molecule has 0 spiro atoms. The minimum atomic E-state index is -0.456. The van der Waals surface area contributed by atoms with E-state index in [0.29, 0.717) is 23.1 Å². The Bertz CT molecular complexity index is 1220. The lowest BCUT2D eigenvalue weighted by atomic mass is 10.1. The number of nitrogens with one attached hydrogen (secondary N) is 1. The molecule has 0 aliphatic carbocycles. The third kappa shape index (κ3) is 3.10. The molecule has 136 valence electrons. The number of nitrogens with zero attached hydrogens (tertiary/aromatic N) is 2. The summed E-state index contributed by atoms with van der Waals surface area (Å²) in [4.78, 5) is 25.3.